The Morgan fingerprint density at radius 1 is 1.20 bits per heavy atom. The second-order valence-electron chi connectivity index (χ2n) is 5.04. The minimum atomic E-state index is -4.85. The van der Waals surface area contributed by atoms with Crippen molar-refractivity contribution < 1.29 is 27.1 Å². The van der Waals surface area contributed by atoms with E-state index in [1.807, 2.05) is 0 Å². The second kappa shape index (κ2) is 6.32. The Balaban J connectivity index is 1.90. The van der Waals surface area contributed by atoms with E-state index in [0.717, 1.165) is 17.6 Å². The average Bonchev–Trinajstić information content (AvgIpc) is 2.98. The first-order chi connectivity index (χ1) is 11.8. The Morgan fingerprint density at radius 3 is 2.64 bits per heavy atom. The number of carbonyl (C=O) groups excluding carboxylic acids is 1. The lowest BCUT2D eigenvalue weighted by Crippen LogP contribution is -2.14. The molecule has 1 heterocycles. The molecular formula is C16H10F4N2O2S. The molecule has 0 unspecified atom stereocenters. The van der Waals surface area contributed by atoms with Crippen molar-refractivity contribution in [3.63, 3.8) is 0 Å². The van der Waals surface area contributed by atoms with Crippen molar-refractivity contribution in [2.75, 3.05) is 12.4 Å². The number of nitrogens with zero attached hydrogens (tertiary/aromatic N) is 1. The molecule has 0 aliphatic rings. The van der Waals surface area contributed by atoms with Crippen molar-refractivity contribution in [2.24, 2.45) is 0 Å². The van der Waals surface area contributed by atoms with E-state index in [1.165, 1.54) is 7.11 Å². The van der Waals surface area contributed by atoms with Gasteiger partial charge < -0.3 is 10.1 Å². The maximum atomic E-state index is 13.3. The Bertz CT molecular complexity index is 953. The minimum Gasteiger partial charge on any atom is -0.497 e. The number of rotatable bonds is 3. The molecule has 0 saturated heterocycles. The first-order valence-corrected chi connectivity index (χ1v) is 7.68. The number of halogens is 4. The molecule has 0 spiro atoms. The first kappa shape index (κ1) is 17.2. The van der Waals surface area contributed by atoms with Crippen LogP contribution < -0.4 is 10.1 Å². The number of hydrogen-bond donors (Lipinski definition) is 1. The second-order valence-corrected chi connectivity index (χ2v) is 5.84. The molecule has 0 atom stereocenters. The molecule has 0 radical (unpaired) electrons. The standard InChI is InChI=1S/C16H10F4N2O2S/c1-24-9-3-4-10-13(7-9)25-22-14(10)15(23)21-8-2-5-12(17)11(6-8)16(18,19)20/h2-7H,1H3,(H,21,23). The number of benzene rings is 2. The van der Waals surface area contributed by atoms with Gasteiger partial charge in [0.1, 0.15) is 17.3 Å². The van der Waals surface area contributed by atoms with E-state index in [0.29, 0.717) is 28.0 Å². The maximum Gasteiger partial charge on any atom is 0.419 e. The van der Waals surface area contributed by atoms with Crippen LogP contribution in [-0.2, 0) is 6.18 Å². The normalized spacial score (nSPS) is 11.6. The van der Waals surface area contributed by atoms with E-state index < -0.39 is 23.5 Å². The van der Waals surface area contributed by atoms with Crippen molar-refractivity contribution in [1.82, 2.24) is 4.37 Å². The fourth-order valence-electron chi connectivity index (χ4n) is 2.22. The summed E-state index contributed by atoms with van der Waals surface area (Å²) in [7, 11) is 1.50. The molecule has 3 aromatic rings. The summed E-state index contributed by atoms with van der Waals surface area (Å²) in [5.41, 5.74) is -1.55. The molecule has 1 N–H and O–H groups in total. The number of anilines is 1. The van der Waals surface area contributed by atoms with Gasteiger partial charge in [-0.15, -0.1) is 0 Å². The van der Waals surface area contributed by atoms with Crippen molar-refractivity contribution in [3.8, 4) is 5.75 Å². The van der Waals surface area contributed by atoms with Gasteiger partial charge in [-0.3, -0.25) is 4.79 Å². The van der Waals surface area contributed by atoms with Crippen LogP contribution >= 0.6 is 11.5 Å². The highest BCUT2D eigenvalue weighted by molar-refractivity contribution is 7.13. The number of methoxy groups -OCH3 is 1. The first-order valence-electron chi connectivity index (χ1n) is 6.91. The molecule has 0 fully saturated rings. The van der Waals surface area contributed by atoms with Gasteiger partial charge in [-0.05, 0) is 47.9 Å². The predicted molar refractivity (Wildman–Crippen MR) is 85.5 cm³/mol. The molecule has 0 bridgehead atoms. The number of carbonyl (C=O) groups is 1. The predicted octanol–water partition coefficient (Wildman–Crippen LogP) is 4.72. The van der Waals surface area contributed by atoms with Crippen LogP contribution in [-0.4, -0.2) is 17.4 Å². The van der Waals surface area contributed by atoms with E-state index in [1.54, 1.807) is 18.2 Å². The lowest BCUT2D eigenvalue weighted by Gasteiger charge is -2.10. The van der Waals surface area contributed by atoms with Gasteiger partial charge in [0.2, 0.25) is 0 Å². The van der Waals surface area contributed by atoms with Crippen LogP contribution in [0.3, 0.4) is 0 Å². The molecule has 3 rings (SSSR count). The zero-order valence-electron chi connectivity index (χ0n) is 12.6. The summed E-state index contributed by atoms with van der Waals surface area (Å²) in [4.78, 5) is 12.3. The van der Waals surface area contributed by atoms with Gasteiger partial charge in [0.25, 0.3) is 5.91 Å². The Kier molecular flexibility index (Phi) is 4.34. The number of ether oxygens (including phenoxy) is 1. The van der Waals surface area contributed by atoms with Gasteiger partial charge in [0.15, 0.2) is 0 Å². The van der Waals surface area contributed by atoms with Crippen molar-refractivity contribution in [1.29, 1.82) is 0 Å². The van der Waals surface area contributed by atoms with Crippen LogP contribution in [0.5, 0.6) is 5.75 Å². The third kappa shape index (κ3) is 3.41. The summed E-state index contributed by atoms with van der Waals surface area (Å²) in [6, 6.07) is 7.24. The van der Waals surface area contributed by atoms with Crippen LogP contribution in [0.1, 0.15) is 16.1 Å². The highest BCUT2D eigenvalue weighted by atomic mass is 32.1. The molecule has 2 aromatic carbocycles. The van der Waals surface area contributed by atoms with Crippen LogP contribution in [0.15, 0.2) is 36.4 Å². The molecular weight excluding hydrogens is 360 g/mol. The van der Waals surface area contributed by atoms with E-state index in [9.17, 15) is 22.4 Å². The summed E-state index contributed by atoms with van der Waals surface area (Å²) in [5.74, 6) is -1.50. The van der Waals surface area contributed by atoms with E-state index in [-0.39, 0.29) is 11.4 Å². The third-order valence-corrected chi connectivity index (χ3v) is 4.23. The zero-order valence-corrected chi connectivity index (χ0v) is 13.5. The molecule has 130 valence electrons. The van der Waals surface area contributed by atoms with Gasteiger partial charge in [-0.2, -0.15) is 17.5 Å². The van der Waals surface area contributed by atoms with E-state index in [2.05, 4.69) is 9.69 Å². The fourth-order valence-corrected chi connectivity index (χ4v) is 3.02. The van der Waals surface area contributed by atoms with Crippen molar-refractivity contribution in [3.05, 3.63) is 53.5 Å². The summed E-state index contributed by atoms with van der Waals surface area (Å²) >= 11 is 1.06. The van der Waals surface area contributed by atoms with Crippen LogP contribution in [0.4, 0.5) is 23.2 Å². The smallest absolute Gasteiger partial charge is 0.419 e. The van der Waals surface area contributed by atoms with Gasteiger partial charge in [0.05, 0.1) is 17.4 Å². The average molecular weight is 370 g/mol. The van der Waals surface area contributed by atoms with E-state index in [4.69, 9.17) is 4.74 Å². The minimum absolute atomic E-state index is 0.0699. The molecule has 0 aliphatic carbocycles. The molecule has 9 heteroatoms. The highest BCUT2D eigenvalue weighted by Gasteiger charge is 2.34. The van der Waals surface area contributed by atoms with Crippen LogP contribution in [0.2, 0.25) is 0 Å². The SMILES string of the molecule is COc1ccc2c(C(=O)Nc3ccc(F)c(C(F)(F)F)c3)nsc2c1. The van der Waals surface area contributed by atoms with Crippen LogP contribution in [0.25, 0.3) is 10.1 Å². The van der Waals surface area contributed by atoms with Gasteiger partial charge >= 0.3 is 6.18 Å². The lowest BCUT2D eigenvalue weighted by molar-refractivity contribution is -0.139. The zero-order chi connectivity index (χ0) is 18.2. The molecule has 0 aliphatic heterocycles. The van der Waals surface area contributed by atoms with E-state index >= 15 is 0 Å². The monoisotopic (exact) mass is 370 g/mol. The number of aromatic nitrogens is 1. The number of fused-ring (bicyclic) bond motifs is 1. The van der Waals surface area contributed by atoms with Crippen molar-refractivity contribution >= 4 is 33.2 Å². The Hall–Kier alpha value is -2.68. The van der Waals surface area contributed by atoms with Gasteiger partial charge in [-0.1, -0.05) is 0 Å². The van der Waals surface area contributed by atoms with Gasteiger partial charge in [-0.25, -0.2) is 4.39 Å². The Labute approximate surface area is 143 Å². The molecule has 1 amide bonds. The molecule has 0 saturated carbocycles. The topological polar surface area (TPSA) is 51.2 Å². The molecule has 25 heavy (non-hydrogen) atoms. The third-order valence-electron chi connectivity index (χ3n) is 3.42. The largest absolute Gasteiger partial charge is 0.497 e. The fraction of sp³-hybridized carbons (Fsp3) is 0.125. The number of alkyl halides is 3. The summed E-state index contributed by atoms with van der Waals surface area (Å²) in [5, 5.41) is 2.86. The van der Waals surface area contributed by atoms with Gasteiger partial charge in [0, 0.05) is 11.1 Å². The highest BCUT2D eigenvalue weighted by Crippen LogP contribution is 2.33. The number of amides is 1. The van der Waals surface area contributed by atoms with Crippen LogP contribution in [0, 0.1) is 5.82 Å². The number of hydrogen-bond acceptors (Lipinski definition) is 4. The number of nitrogens with one attached hydrogen (secondary N) is 1. The molecule has 4 nitrogen and oxygen atoms in total. The quantitative estimate of drug-likeness (QED) is 0.679. The lowest BCUT2D eigenvalue weighted by atomic mass is 10.1. The summed E-state index contributed by atoms with van der Waals surface area (Å²) < 4.78 is 61.3. The molecule has 1 aromatic heterocycles. The summed E-state index contributed by atoms with van der Waals surface area (Å²) in [6.07, 6.45) is -4.85. The Morgan fingerprint density at radius 2 is 1.96 bits per heavy atom. The summed E-state index contributed by atoms with van der Waals surface area (Å²) in [6.45, 7) is 0. The van der Waals surface area contributed by atoms with Crippen molar-refractivity contribution in [2.45, 2.75) is 6.18 Å². The maximum absolute atomic E-state index is 13.3.